The monoisotopic (exact) mass is 452 g/mol. The Morgan fingerprint density at radius 2 is 1.81 bits per heavy atom. The second-order valence-corrected chi connectivity index (χ2v) is 7.88. The number of carbonyl (C=O) groups excluding carboxylic acids is 1. The molecule has 1 saturated heterocycles. The first-order valence-electron chi connectivity index (χ1n) is 9.50. The van der Waals surface area contributed by atoms with Crippen molar-refractivity contribution in [2.75, 3.05) is 13.2 Å². The lowest BCUT2D eigenvalue weighted by Gasteiger charge is -2.29. The van der Waals surface area contributed by atoms with Crippen molar-refractivity contribution in [1.29, 1.82) is 0 Å². The van der Waals surface area contributed by atoms with E-state index in [4.69, 9.17) is 21.7 Å². The highest BCUT2D eigenvalue weighted by Crippen LogP contribution is 2.35. The van der Waals surface area contributed by atoms with Gasteiger partial charge in [-0.25, -0.2) is 0 Å². The van der Waals surface area contributed by atoms with Gasteiger partial charge in [-0.3, -0.25) is 9.69 Å². The molecule has 1 aliphatic carbocycles. The van der Waals surface area contributed by atoms with Crippen LogP contribution in [0.25, 0.3) is 6.08 Å². The fourth-order valence-electron chi connectivity index (χ4n) is 3.57. The molecule has 1 saturated carbocycles. The first-order valence-corrected chi connectivity index (χ1v) is 10.7. The van der Waals surface area contributed by atoms with Crippen LogP contribution in [0.15, 0.2) is 22.3 Å². The molecule has 27 heavy (non-hydrogen) atoms. The molecule has 1 amide bonds. The average molecular weight is 453 g/mol. The third-order valence-electron chi connectivity index (χ3n) is 4.81. The minimum Gasteiger partial charge on any atom is -0.490 e. The van der Waals surface area contributed by atoms with Crippen LogP contribution in [0.2, 0.25) is 0 Å². The van der Waals surface area contributed by atoms with Crippen molar-refractivity contribution in [3.63, 3.8) is 0 Å². The Kier molecular flexibility index (Phi) is 6.76. The lowest BCUT2D eigenvalue weighted by molar-refractivity contribution is -0.124. The maximum Gasteiger partial charge on any atom is 0.276 e. The lowest BCUT2D eigenvalue weighted by Crippen LogP contribution is -2.41. The predicted octanol–water partition coefficient (Wildman–Crippen LogP) is 4.64. The number of hydrogen-bond acceptors (Lipinski definition) is 4. The third kappa shape index (κ3) is 4.46. The van der Waals surface area contributed by atoms with E-state index in [0.29, 0.717) is 35.5 Å². The first kappa shape index (κ1) is 20.1. The number of thiocarbonyl (C=S) groups is 1. The van der Waals surface area contributed by atoms with Gasteiger partial charge in [-0.2, -0.15) is 0 Å². The molecule has 0 spiro atoms. The summed E-state index contributed by atoms with van der Waals surface area (Å²) in [6, 6.07) is 3.96. The van der Waals surface area contributed by atoms with Gasteiger partial charge in [0.05, 0.1) is 13.2 Å². The zero-order valence-electron chi connectivity index (χ0n) is 15.7. The maximum absolute atomic E-state index is 12.9. The van der Waals surface area contributed by atoms with Gasteiger partial charge in [0.2, 0.25) is 0 Å². The van der Waals surface area contributed by atoms with Crippen molar-refractivity contribution in [3.05, 3.63) is 27.9 Å². The molecule has 0 radical (unpaired) electrons. The van der Waals surface area contributed by atoms with E-state index in [1.807, 2.05) is 32.1 Å². The summed E-state index contributed by atoms with van der Waals surface area (Å²) >= 11 is 9.01. The van der Waals surface area contributed by atoms with Gasteiger partial charge in [-0.05, 0) is 62.7 Å². The smallest absolute Gasteiger partial charge is 0.276 e. The molecule has 7 heteroatoms. The predicted molar refractivity (Wildman–Crippen MR) is 114 cm³/mol. The number of nitrogens with zero attached hydrogens (tertiary/aromatic N) is 1. The molecular formula is C20H25BrN2O3S. The third-order valence-corrected chi connectivity index (χ3v) is 5.80. The van der Waals surface area contributed by atoms with Crippen LogP contribution in [0.5, 0.6) is 11.5 Å². The number of benzene rings is 1. The van der Waals surface area contributed by atoms with E-state index in [1.165, 1.54) is 6.42 Å². The molecule has 1 aliphatic heterocycles. The van der Waals surface area contributed by atoms with Gasteiger partial charge in [0.15, 0.2) is 16.6 Å². The summed E-state index contributed by atoms with van der Waals surface area (Å²) < 4.78 is 12.2. The normalized spacial score (nSPS) is 19.5. The van der Waals surface area contributed by atoms with Gasteiger partial charge in [0, 0.05) is 10.5 Å². The second kappa shape index (κ2) is 9.06. The van der Waals surface area contributed by atoms with Crippen molar-refractivity contribution in [3.8, 4) is 11.5 Å². The average Bonchev–Trinajstić information content (AvgIpc) is 2.93. The number of nitrogens with one attached hydrogen (secondary N) is 1. The molecule has 1 aromatic rings. The zero-order chi connectivity index (χ0) is 19.4. The highest BCUT2D eigenvalue weighted by molar-refractivity contribution is 9.10. The molecule has 1 N–H and O–H groups in total. The highest BCUT2D eigenvalue weighted by atomic mass is 79.9. The molecule has 1 heterocycles. The van der Waals surface area contributed by atoms with Crippen molar-refractivity contribution in [2.24, 2.45) is 0 Å². The van der Waals surface area contributed by atoms with Crippen LogP contribution in [-0.4, -0.2) is 35.2 Å². The van der Waals surface area contributed by atoms with Crippen molar-refractivity contribution in [1.82, 2.24) is 10.2 Å². The fraction of sp³-hybridized carbons (Fsp3) is 0.500. The van der Waals surface area contributed by atoms with Gasteiger partial charge >= 0.3 is 0 Å². The Hall–Kier alpha value is -1.60. The summed E-state index contributed by atoms with van der Waals surface area (Å²) in [4.78, 5) is 14.7. The van der Waals surface area contributed by atoms with E-state index in [1.54, 1.807) is 4.90 Å². The molecule has 0 unspecified atom stereocenters. The van der Waals surface area contributed by atoms with Gasteiger partial charge < -0.3 is 14.8 Å². The quantitative estimate of drug-likeness (QED) is 0.503. The fourth-order valence-corrected chi connectivity index (χ4v) is 4.35. The van der Waals surface area contributed by atoms with Gasteiger partial charge in [0.25, 0.3) is 5.91 Å². The van der Waals surface area contributed by atoms with E-state index in [9.17, 15) is 4.79 Å². The Morgan fingerprint density at radius 3 is 2.44 bits per heavy atom. The standard InChI is InChI=1S/C20H25BrN2O3S/c1-3-25-17-11-13(15(21)12-18(17)26-4-2)10-16-19(24)23(20(27)22-16)14-8-6-5-7-9-14/h10-12,14H,3-9H2,1-2H3,(H,22,27). The van der Waals surface area contributed by atoms with Crippen LogP contribution in [0.3, 0.4) is 0 Å². The number of amides is 1. The summed E-state index contributed by atoms with van der Waals surface area (Å²) in [6.45, 7) is 4.95. The Labute approximate surface area is 174 Å². The Morgan fingerprint density at radius 1 is 1.19 bits per heavy atom. The molecular weight excluding hydrogens is 428 g/mol. The number of hydrogen-bond donors (Lipinski definition) is 1. The SMILES string of the molecule is CCOc1cc(Br)c(C=C2NC(=S)N(C3CCCCC3)C2=O)cc1OCC. The molecule has 0 aromatic heterocycles. The summed E-state index contributed by atoms with van der Waals surface area (Å²) in [6.07, 6.45) is 7.39. The van der Waals surface area contributed by atoms with Crippen LogP contribution in [0, 0.1) is 0 Å². The van der Waals surface area contributed by atoms with Crippen molar-refractivity contribution < 1.29 is 14.3 Å². The molecule has 0 bridgehead atoms. The van der Waals surface area contributed by atoms with E-state index < -0.39 is 0 Å². The number of ether oxygens (including phenoxy) is 2. The van der Waals surface area contributed by atoms with E-state index >= 15 is 0 Å². The largest absolute Gasteiger partial charge is 0.490 e. The molecule has 5 nitrogen and oxygen atoms in total. The van der Waals surface area contributed by atoms with Gasteiger partial charge in [-0.15, -0.1) is 0 Å². The Bertz CT molecular complexity index is 760. The summed E-state index contributed by atoms with van der Waals surface area (Å²) in [7, 11) is 0. The second-order valence-electron chi connectivity index (χ2n) is 6.64. The maximum atomic E-state index is 12.9. The van der Waals surface area contributed by atoms with Crippen molar-refractivity contribution in [2.45, 2.75) is 52.0 Å². The van der Waals surface area contributed by atoms with Crippen LogP contribution in [-0.2, 0) is 4.79 Å². The first-order chi connectivity index (χ1) is 13.0. The van der Waals surface area contributed by atoms with Crippen LogP contribution in [0.4, 0.5) is 0 Å². The minimum atomic E-state index is -0.0503. The molecule has 146 valence electrons. The lowest BCUT2D eigenvalue weighted by atomic mass is 9.94. The number of halogens is 1. The van der Waals surface area contributed by atoms with E-state index in [2.05, 4.69) is 21.2 Å². The molecule has 2 aliphatic rings. The van der Waals surface area contributed by atoms with E-state index in [-0.39, 0.29) is 11.9 Å². The van der Waals surface area contributed by atoms with Gasteiger partial charge in [0.1, 0.15) is 5.70 Å². The van der Waals surface area contributed by atoms with Crippen LogP contribution in [0.1, 0.15) is 51.5 Å². The van der Waals surface area contributed by atoms with Crippen LogP contribution < -0.4 is 14.8 Å². The molecule has 2 fully saturated rings. The summed E-state index contributed by atoms with van der Waals surface area (Å²) in [5.41, 5.74) is 1.34. The number of carbonyl (C=O) groups is 1. The molecule has 0 atom stereocenters. The topological polar surface area (TPSA) is 50.8 Å². The van der Waals surface area contributed by atoms with Gasteiger partial charge in [-0.1, -0.05) is 35.2 Å². The summed E-state index contributed by atoms with van der Waals surface area (Å²) in [5.74, 6) is 1.29. The molecule has 1 aromatic carbocycles. The summed E-state index contributed by atoms with van der Waals surface area (Å²) in [5, 5.41) is 3.60. The highest BCUT2D eigenvalue weighted by Gasteiger charge is 2.36. The van der Waals surface area contributed by atoms with Crippen molar-refractivity contribution >= 4 is 45.2 Å². The van der Waals surface area contributed by atoms with E-state index in [0.717, 1.165) is 35.7 Å². The Balaban J connectivity index is 1.88. The number of rotatable bonds is 6. The van der Waals surface area contributed by atoms with Crippen LogP contribution >= 0.6 is 28.1 Å². The molecule has 3 rings (SSSR count). The minimum absolute atomic E-state index is 0.0503. The zero-order valence-corrected chi connectivity index (χ0v) is 18.1.